The molecule has 0 aliphatic heterocycles. The summed E-state index contributed by atoms with van der Waals surface area (Å²) in [7, 11) is 0. The van der Waals surface area contributed by atoms with Gasteiger partial charge in [0.2, 0.25) is 0 Å². The summed E-state index contributed by atoms with van der Waals surface area (Å²) in [5, 5.41) is 1.74. The summed E-state index contributed by atoms with van der Waals surface area (Å²) >= 11 is 0. The molecule has 2 aromatic carbocycles. The topological polar surface area (TPSA) is 55.6 Å². The number of rotatable bonds is 10. The number of nitrogen functional groups attached to an aromatic ring is 1. The Morgan fingerprint density at radius 1 is 1.04 bits per heavy atom. The number of hydrogen-bond acceptors (Lipinski definition) is 4. The second-order valence-corrected chi connectivity index (χ2v) is 6.94. The van der Waals surface area contributed by atoms with Crippen molar-refractivity contribution in [1.29, 1.82) is 0 Å². The van der Waals surface area contributed by atoms with Gasteiger partial charge in [-0.2, -0.15) is 0 Å². The zero-order valence-corrected chi connectivity index (χ0v) is 16.3. The van der Waals surface area contributed by atoms with E-state index < -0.39 is 0 Å². The largest absolute Gasteiger partial charge is 0.460 e. The number of ether oxygens (including phenoxy) is 1. The van der Waals surface area contributed by atoms with E-state index in [0.29, 0.717) is 17.9 Å². The molecule has 2 aromatic rings. The number of hydrogen-bond donors (Lipinski definition) is 1. The van der Waals surface area contributed by atoms with Crippen LogP contribution in [-0.2, 0) is 4.74 Å². The quantitative estimate of drug-likeness (QED) is 0.487. The molecular formula is C22H32N2O2. The van der Waals surface area contributed by atoms with Gasteiger partial charge >= 0.3 is 5.97 Å². The first-order chi connectivity index (χ1) is 12.6. The highest BCUT2D eigenvalue weighted by Crippen LogP contribution is 2.24. The van der Waals surface area contributed by atoms with Crippen molar-refractivity contribution in [3.63, 3.8) is 0 Å². The van der Waals surface area contributed by atoms with Crippen LogP contribution in [0.4, 0.5) is 5.69 Å². The van der Waals surface area contributed by atoms with Crippen molar-refractivity contribution in [2.75, 3.05) is 25.4 Å². The van der Waals surface area contributed by atoms with Gasteiger partial charge in [-0.3, -0.25) is 4.90 Å². The Morgan fingerprint density at radius 2 is 1.65 bits per heavy atom. The molecular weight excluding hydrogens is 324 g/mol. The average molecular weight is 357 g/mol. The maximum atomic E-state index is 12.6. The maximum absolute atomic E-state index is 12.6. The average Bonchev–Trinajstić information content (AvgIpc) is 2.66. The fourth-order valence-electron chi connectivity index (χ4n) is 3.17. The summed E-state index contributed by atoms with van der Waals surface area (Å²) in [5.74, 6) is -0.279. The number of benzene rings is 2. The molecule has 2 N–H and O–H groups in total. The van der Waals surface area contributed by atoms with Crippen LogP contribution in [0.2, 0.25) is 0 Å². The standard InChI is InChI=1S/C22H32N2O2/c1-4-6-14-24(15-7-5-2)17(3)16-26-22(25)20-12-8-11-19-18(20)10-9-13-21(19)23/h8-13,17H,4-7,14-16,23H2,1-3H3. The molecule has 0 saturated heterocycles. The van der Waals surface area contributed by atoms with Crippen molar-refractivity contribution in [3.05, 3.63) is 42.0 Å². The number of nitrogens with two attached hydrogens (primary N) is 1. The van der Waals surface area contributed by atoms with Crippen LogP contribution in [0.3, 0.4) is 0 Å². The summed E-state index contributed by atoms with van der Waals surface area (Å²) in [6, 6.07) is 11.4. The van der Waals surface area contributed by atoms with Gasteiger partial charge in [-0.15, -0.1) is 0 Å². The van der Waals surface area contributed by atoms with Gasteiger partial charge in [0.1, 0.15) is 6.61 Å². The zero-order chi connectivity index (χ0) is 18.9. The minimum Gasteiger partial charge on any atom is -0.460 e. The maximum Gasteiger partial charge on any atom is 0.338 e. The molecule has 0 radical (unpaired) electrons. The van der Waals surface area contributed by atoms with E-state index in [-0.39, 0.29) is 12.0 Å². The highest BCUT2D eigenvalue weighted by Gasteiger charge is 2.17. The molecule has 0 heterocycles. The van der Waals surface area contributed by atoms with Crippen LogP contribution in [0.25, 0.3) is 10.8 Å². The third-order valence-electron chi connectivity index (χ3n) is 4.85. The van der Waals surface area contributed by atoms with Crippen LogP contribution in [0.15, 0.2) is 36.4 Å². The monoisotopic (exact) mass is 356 g/mol. The van der Waals surface area contributed by atoms with Crippen molar-refractivity contribution < 1.29 is 9.53 Å². The lowest BCUT2D eigenvalue weighted by molar-refractivity contribution is 0.0369. The van der Waals surface area contributed by atoms with E-state index in [4.69, 9.17) is 10.5 Å². The zero-order valence-electron chi connectivity index (χ0n) is 16.3. The first-order valence-corrected chi connectivity index (χ1v) is 9.76. The van der Waals surface area contributed by atoms with Crippen molar-refractivity contribution in [1.82, 2.24) is 4.90 Å². The third kappa shape index (κ3) is 5.21. The highest BCUT2D eigenvalue weighted by molar-refractivity contribution is 6.07. The molecule has 4 heteroatoms. The van der Waals surface area contributed by atoms with Gasteiger partial charge in [0.25, 0.3) is 0 Å². The molecule has 0 bridgehead atoms. The number of carbonyl (C=O) groups excluding carboxylic acids is 1. The van der Waals surface area contributed by atoms with Crippen molar-refractivity contribution in [2.24, 2.45) is 0 Å². The van der Waals surface area contributed by atoms with Gasteiger partial charge in [0.15, 0.2) is 0 Å². The summed E-state index contributed by atoms with van der Waals surface area (Å²) in [6.45, 7) is 9.06. The third-order valence-corrected chi connectivity index (χ3v) is 4.85. The van der Waals surface area contributed by atoms with Crippen molar-refractivity contribution >= 4 is 22.4 Å². The lowest BCUT2D eigenvalue weighted by Crippen LogP contribution is -2.38. The van der Waals surface area contributed by atoms with Gasteiger partial charge in [-0.25, -0.2) is 4.79 Å². The summed E-state index contributed by atoms with van der Waals surface area (Å²) in [6.07, 6.45) is 4.69. The Labute approximate surface area is 157 Å². The minimum absolute atomic E-state index is 0.220. The Balaban J connectivity index is 2.04. The molecule has 0 saturated carbocycles. The first-order valence-electron chi connectivity index (χ1n) is 9.76. The summed E-state index contributed by atoms with van der Waals surface area (Å²) in [5.41, 5.74) is 7.28. The Morgan fingerprint density at radius 3 is 2.31 bits per heavy atom. The number of anilines is 1. The Bertz CT molecular complexity index is 706. The number of unbranched alkanes of at least 4 members (excludes halogenated alkanes) is 2. The Kier molecular flexibility index (Phi) is 7.92. The summed E-state index contributed by atoms with van der Waals surface area (Å²) in [4.78, 5) is 15.1. The molecule has 2 rings (SSSR count). The Hall–Kier alpha value is -2.07. The molecule has 26 heavy (non-hydrogen) atoms. The smallest absolute Gasteiger partial charge is 0.338 e. The number of nitrogens with zero attached hydrogens (tertiary/aromatic N) is 1. The second-order valence-electron chi connectivity index (χ2n) is 6.94. The van der Waals surface area contributed by atoms with Crippen LogP contribution in [0.1, 0.15) is 56.8 Å². The predicted octanol–water partition coefficient (Wildman–Crippen LogP) is 4.87. The van der Waals surface area contributed by atoms with E-state index in [1.165, 1.54) is 25.7 Å². The van der Waals surface area contributed by atoms with E-state index in [0.717, 1.165) is 23.9 Å². The lowest BCUT2D eigenvalue weighted by atomic mass is 10.0. The van der Waals surface area contributed by atoms with Gasteiger partial charge < -0.3 is 10.5 Å². The van der Waals surface area contributed by atoms with Crippen molar-refractivity contribution in [2.45, 2.75) is 52.5 Å². The summed E-state index contributed by atoms with van der Waals surface area (Å²) < 4.78 is 5.66. The molecule has 0 aromatic heterocycles. The number of carbonyl (C=O) groups is 1. The van der Waals surface area contributed by atoms with Crippen LogP contribution in [0.5, 0.6) is 0 Å². The van der Waals surface area contributed by atoms with E-state index >= 15 is 0 Å². The van der Waals surface area contributed by atoms with Gasteiger partial charge in [-0.05, 0) is 50.4 Å². The second kappa shape index (κ2) is 10.2. The van der Waals surface area contributed by atoms with Gasteiger partial charge in [0.05, 0.1) is 5.56 Å². The molecule has 1 unspecified atom stereocenters. The molecule has 0 aliphatic carbocycles. The molecule has 1 atom stereocenters. The molecule has 0 spiro atoms. The van der Waals surface area contributed by atoms with Gasteiger partial charge in [0, 0.05) is 17.1 Å². The fourth-order valence-corrected chi connectivity index (χ4v) is 3.17. The molecule has 0 aliphatic rings. The van der Waals surface area contributed by atoms with Gasteiger partial charge in [-0.1, -0.05) is 51.0 Å². The SMILES string of the molecule is CCCCN(CCCC)C(C)COC(=O)c1cccc2c(N)cccc12. The van der Waals surface area contributed by atoms with Crippen LogP contribution in [0, 0.1) is 0 Å². The predicted molar refractivity (Wildman–Crippen MR) is 109 cm³/mol. The molecule has 4 nitrogen and oxygen atoms in total. The number of fused-ring (bicyclic) bond motifs is 1. The van der Waals surface area contributed by atoms with Crippen molar-refractivity contribution in [3.8, 4) is 0 Å². The number of esters is 1. The molecule has 0 fully saturated rings. The minimum atomic E-state index is -0.279. The van der Waals surface area contributed by atoms with E-state index in [1.807, 2.05) is 30.3 Å². The van der Waals surface area contributed by atoms with E-state index in [9.17, 15) is 4.79 Å². The van der Waals surface area contributed by atoms with E-state index in [1.54, 1.807) is 6.07 Å². The highest BCUT2D eigenvalue weighted by atomic mass is 16.5. The van der Waals surface area contributed by atoms with Crippen LogP contribution >= 0.6 is 0 Å². The van der Waals surface area contributed by atoms with Crippen LogP contribution in [-0.4, -0.2) is 36.6 Å². The fraction of sp³-hybridized carbons (Fsp3) is 0.500. The molecule has 0 amide bonds. The molecule has 142 valence electrons. The lowest BCUT2D eigenvalue weighted by Gasteiger charge is -2.28. The normalized spacial score (nSPS) is 12.5. The first kappa shape index (κ1) is 20.2. The van der Waals surface area contributed by atoms with Crippen LogP contribution < -0.4 is 5.73 Å². The van der Waals surface area contributed by atoms with E-state index in [2.05, 4.69) is 25.7 Å².